The number of ether oxygens (including phenoxy) is 4. The lowest BCUT2D eigenvalue weighted by molar-refractivity contribution is -0.0918. The lowest BCUT2D eigenvalue weighted by atomic mass is 9.89. The van der Waals surface area contributed by atoms with Gasteiger partial charge in [0.2, 0.25) is 5.95 Å². The van der Waals surface area contributed by atoms with Crippen molar-refractivity contribution in [3.05, 3.63) is 42.4 Å². The maximum Gasteiger partial charge on any atom is 0.304 e. The van der Waals surface area contributed by atoms with Crippen molar-refractivity contribution in [1.29, 1.82) is 5.26 Å². The number of hydrazone groups is 1. The van der Waals surface area contributed by atoms with Crippen molar-refractivity contribution >= 4 is 18.0 Å². The number of methoxy groups -OCH3 is 1. The molecule has 3 aromatic rings. The van der Waals surface area contributed by atoms with Crippen molar-refractivity contribution in [2.45, 2.75) is 82.8 Å². The Morgan fingerprint density at radius 1 is 1.08 bits per heavy atom. The van der Waals surface area contributed by atoms with Crippen LogP contribution < -0.4 is 25.9 Å². The Bertz CT molecular complexity index is 1670. The fourth-order valence-electron chi connectivity index (χ4n) is 6.78. The minimum Gasteiger partial charge on any atom is -0.487 e. The SMILES string of the molecule is COCC(F)(F)COc1nn(C2CCC(N3C[C@@H](C)O[C@@H](C)C3)CC2)cc1Nc1ncc(-c2ccc(C#N)c(O[C@@H](C)CN3C=NNN3)c2)cn1. The number of hydrogen-bond acceptors (Lipinski definition) is 14. The van der Waals surface area contributed by atoms with E-state index < -0.39 is 19.1 Å². The molecule has 1 saturated carbocycles. The van der Waals surface area contributed by atoms with Crippen LogP contribution in [0.15, 0.2) is 41.9 Å². The molecule has 15 nitrogen and oxygen atoms in total. The lowest BCUT2D eigenvalue weighted by Crippen LogP contribution is -2.51. The van der Waals surface area contributed by atoms with E-state index in [1.54, 1.807) is 48.1 Å². The van der Waals surface area contributed by atoms with Gasteiger partial charge in [-0.15, -0.1) is 10.6 Å². The van der Waals surface area contributed by atoms with Crippen molar-refractivity contribution in [3.8, 4) is 28.8 Å². The Morgan fingerprint density at radius 3 is 2.47 bits per heavy atom. The molecule has 2 aliphatic heterocycles. The van der Waals surface area contributed by atoms with Gasteiger partial charge in [0.25, 0.3) is 5.88 Å². The van der Waals surface area contributed by atoms with E-state index in [1.165, 1.54) is 7.11 Å². The highest BCUT2D eigenvalue weighted by Gasteiger charge is 2.34. The molecule has 3 N–H and O–H groups in total. The van der Waals surface area contributed by atoms with Gasteiger partial charge < -0.3 is 24.3 Å². The van der Waals surface area contributed by atoms with Crippen molar-refractivity contribution in [2.24, 2.45) is 5.10 Å². The normalized spacial score (nSPS) is 23.0. The number of nitrogens with one attached hydrogen (secondary N) is 3. The second-order valence-corrected chi connectivity index (χ2v) is 13.4. The third-order valence-corrected chi connectivity index (χ3v) is 9.05. The summed E-state index contributed by atoms with van der Waals surface area (Å²) in [5, 5.41) is 23.0. The minimum atomic E-state index is -3.20. The van der Waals surface area contributed by atoms with Crippen LogP contribution in [-0.4, -0.2) is 106 Å². The van der Waals surface area contributed by atoms with Gasteiger partial charge in [0.15, 0.2) is 6.61 Å². The van der Waals surface area contributed by atoms with Crippen molar-refractivity contribution in [2.75, 3.05) is 45.3 Å². The van der Waals surface area contributed by atoms with Crippen molar-refractivity contribution in [1.82, 2.24) is 40.7 Å². The van der Waals surface area contributed by atoms with E-state index in [9.17, 15) is 14.0 Å². The first-order chi connectivity index (χ1) is 24.6. The number of halogens is 2. The molecule has 0 radical (unpaired) electrons. The molecule has 51 heavy (non-hydrogen) atoms. The molecule has 3 atom stereocenters. The average Bonchev–Trinajstić information content (AvgIpc) is 3.77. The zero-order chi connectivity index (χ0) is 36.0. The molecule has 3 aliphatic rings. The van der Waals surface area contributed by atoms with Crippen LogP contribution in [0, 0.1) is 11.3 Å². The summed E-state index contributed by atoms with van der Waals surface area (Å²) < 4.78 is 52.8. The number of nitriles is 1. The van der Waals surface area contributed by atoms with Gasteiger partial charge in [-0.1, -0.05) is 6.07 Å². The third kappa shape index (κ3) is 9.38. The lowest BCUT2D eigenvalue weighted by Gasteiger charge is -2.42. The molecule has 274 valence electrons. The van der Waals surface area contributed by atoms with E-state index in [1.807, 2.05) is 11.6 Å². The average molecular weight is 710 g/mol. The summed E-state index contributed by atoms with van der Waals surface area (Å²) in [4.78, 5) is 11.5. The quantitative estimate of drug-likeness (QED) is 0.218. The molecule has 4 heterocycles. The number of alkyl halides is 2. The smallest absolute Gasteiger partial charge is 0.304 e. The van der Waals surface area contributed by atoms with Gasteiger partial charge in [-0.05, 0) is 64.2 Å². The molecule has 2 fully saturated rings. The Balaban J connectivity index is 1.15. The number of aromatic nitrogens is 4. The van der Waals surface area contributed by atoms with Crippen LogP contribution in [-0.2, 0) is 9.47 Å². The molecule has 17 heteroatoms. The maximum absolute atomic E-state index is 14.4. The van der Waals surface area contributed by atoms with E-state index in [2.05, 4.69) is 66.1 Å². The van der Waals surface area contributed by atoms with E-state index in [0.29, 0.717) is 35.2 Å². The predicted octanol–water partition coefficient (Wildman–Crippen LogP) is 4.24. The van der Waals surface area contributed by atoms with Gasteiger partial charge in [0.05, 0.1) is 36.6 Å². The summed E-state index contributed by atoms with van der Waals surface area (Å²) in [5.41, 5.74) is 7.70. The number of morpholine rings is 1. The van der Waals surface area contributed by atoms with Crippen LogP contribution in [0.5, 0.6) is 11.6 Å². The molecule has 0 unspecified atom stereocenters. The molecule has 0 spiro atoms. The number of hydrogen-bond donors (Lipinski definition) is 3. The first kappa shape index (κ1) is 36.2. The number of rotatable bonds is 14. The van der Waals surface area contributed by atoms with Crippen LogP contribution in [0.3, 0.4) is 0 Å². The van der Waals surface area contributed by atoms with Crippen LogP contribution in [0.1, 0.15) is 58.1 Å². The Labute approximate surface area is 295 Å². The van der Waals surface area contributed by atoms with Crippen LogP contribution >= 0.6 is 0 Å². The summed E-state index contributed by atoms with van der Waals surface area (Å²) in [7, 11) is 1.22. The van der Waals surface area contributed by atoms with Gasteiger partial charge in [-0.3, -0.25) is 14.6 Å². The fraction of sp³-hybridized carbons (Fsp3) is 0.559. The van der Waals surface area contributed by atoms with Gasteiger partial charge in [-0.2, -0.15) is 10.4 Å². The molecular formula is C34H45F2N11O4. The topological polar surface area (TPSA) is 159 Å². The molecular weight excluding hydrogens is 664 g/mol. The van der Waals surface area contributed by atoms with E-state index in [-0.39, 0.29) is 36.2 Å². The zero-order valence-electron chi connectivity index (χ0n) is 29.3. The highest BCUT2D eigenvalue weighted by atomic mass is 19.3. The predicted molar refractivity (Wildman–Crippen MR) is 184 cm³/mol. The molecule has 6 rings (SSSR count). The fourth-order valence-corrected chi connectivity index (χ4v) is 6.78. The molecule has 0 bridgehead atoms. The van der Waals surface area contributed by atoms with Crippen molar-refractivity contribution in [3.63, 3.8) is 0 Å². The number of benzene rings is 1. The first-order valence-electron chi connectivity index (χ1n) is 17.2. The maximum atomic E-state index is 14.4. The van der Waals surface area contributed by atoms with Crippen LogP contribution in [0.4, 0.5) is 20.4 Å². The standard InChI is InChI=1S/C34H45F2N11O4/c1-22-15-45(16-23(2)50-22)28-7-9-29(10-8-28)47-18-30(32(42-47)49-20-34(35,36)19-48-4)41-33-38-13-27(14-39-33)25-5-6-26(12-37)31(11-25)51-24(3)17-46-21-40-43-44-46/h5-6,11,13-14,18,21-24,28-29,43-44H,7-10,15-17,19-20H2,1-4H3,(H,38,39,41)/t22-,23+,24-,28?,29?/m0/s1. The second-order valence-electron chi connectivity index (χ2n) is 13.4. The van der Waals surface area contributed by atoms with Gasteiger partial charge in [-0.25, -0.2) is 24.3 Å². The van der Waals surface area contributed by atoms with E-state index >= 15 is 0 Å². The van der Waals surface area contributed by atoms with E-state index in [0.717, 1.165) is 44.3 Å². The zero-order valence-corrected chi connectivity index (χ0v) is 29.3. The highest BCUT2D eigenvalue weighted by molar-refractivity contribution is 5.67. The van der Waals surface area contributed by atoms with Crippen LogP contribution in [0.2, 0.25) is 0 Å². The highest BCUT2D eigenvalue weighted by Crippen LogP contribution is 2.36. The van der Waals surface area contributed by atoms with E-state index in [4.69, 9.17) is 14.2 Å². The Hall–Kier alpha value is -4.63. The van der Waals surface area contributed by atoms with Gasteiger partial charge in [0.1, 0.15) is 36.6 Å². The van der Waals surface area contributed by atoms with Gasteiger partial charge in [0, 0.05) is 44.2 Å². The monoisotopic (exact) mass is 709 g/mol. The van der Waals surface area contributed by atoms with Gasteiger partial charge >= 0.3 is 5.92 Å². The molecule has 1 aromatic carbocycles. The number of anilines is 2. The number of nitrogens with zero attached hydrogens (tertiary/aromatic N) is 8. The molecule has 0 amide bonds. The summed E-state index contributed by atoms with van der Waals surface area (Å²) in [6.07, 6.45) is 10.6. The summed E-state index contributed by atoms with van der Waals surface area (Å²) in [6.45, 7) is 6.78. The summed E-state index contributed by atoms with van der Waals surface area (Å²) in [5.74, 6) is -2.50. The molecule has 1 saturated heterocycles. The van der Waals surface area contributed by atoms with Crippen molar-refractivity contribution < 1.29 is 27.7 Å². The Morgan fingerprint density at radius 2 is 1.80 bits per heavy atom. The Kier molecular flexibility index (Phi) is 11.5. The molecule has 1 aliphatic carbocycles. The molecule has 2 aromatic heterocycles. The first-order valence-corrected chi connectivity index (χ1v) is 17.2. The second kappa shape index (κ2) is 16.1. The summed E-state index contributed by atoms with van der Waals surface area (Å²) in [6, 6.07) is 7.99. The minimum absolute atomic E-state index is 0.0330. The van der Waals surface area contributed by atoms with Crippen LogP contribution in [0.25, 0.3) is 11.1 Å². The third-order valence-electron chi connectivity index (χ3n) is 9.05. The number of hydrazine groups is 2. The summed E-state index contributed by atoms with van der Waals surface area (Å²) >= 11 is 0. The largest absolute Gasteiger partial charge is 0.487 e.